The van der Waals surface area contributed by atoms with Gasteiger partial charge in [0.1, 0.15) is 0 Å². The third kappa shape index (κ3) is 3.78. The van der Waals surface area contributed by atoms with Crippen molar-refractivity contribution in [3.05, 3.63) is 35.8 Å². The Hall–Kier alpha value is -1.25. The predicted octanol–water partition coefficient (Wildman–Crippen LogP) is 2.03. The maximum atomic E-state index is 10.1. The minimum atomic E-state index is -2.56. The van der Waals surface area contributed by atoms with Gasteiger partial charge in [-0.3, -0.25) is 4.98 Å². The molecule has 1 unspecified atom stereocenters. The summed E-state index contributed by atoms with van der Waals surface area (Å²) < 4.78 is 14.5. The monoisotopic (exact) mass is 198 g/mol. The van der Waals surface area contributed by atoms with Crippen molar-refractivity contribution >= 4 is 14.3 Å². The van der Waals surface area contributed by atoms with Gasteiger partial charge in [-0.1, -0.05) is 0 Å². The summed E-state index contributed by atoms with van der Waals surface area (Å²) in [4.78, 5) is 12.3. The summed E-state index contributed by atoms with van der Waals surface area (Å²) >= 11 is 0. The van der Waals surface area contributed by atoms with Gasteiger partial charge in [-0.2, -0.15) is 0 Å². The maximum Gasteiger partial charge on any atom is 0.746 e. The highest BCUT2D eigenvalue weighted by Crippen LogP contribution is 2.15. The highest BCUT2D eigenvalue weighted by molar-refractivity contribution is 7.32. The molecule has 1 atom stereocenters. The van der Waals surface area contributed by atoms with Crippen LogP contribution in [0.15, 0.2) is 24.6 Å². The van der Waals surface area contributed by atoms with Crippen LogP contribution >= 0.6 is 8.25 Å². The largest absolute Gasteiger partial charge is 0.746 e. The van der Waals surface area contributed by atoms with Gasteiger partial charge in [0.25, 0.3) is 0 Å². The van der Waals surface area contributed by atoms with Crippen molar-refractivity contribution in [2.75, 3.05) is 0 Å². The molecular weight excluding hydrogens is 189 g/mol. The van der Waals surface area contributed by atoms with E-state index in [1.54, 1.807) is 18.3 Å². The molecule has 13 heavy (non-hydrogen) atoms. The predicted molar refractivity (Wildman–Crippen MR) is 48.9 cm³/mol. The Morgan fingerprint density at radius 2 is 2.46 bits per heavy atom. The van der Waals surface area contributed by atoms with E-state index < -0.39 is 8.25 Å². The summed E-state index contributed by atoms with van der Waals surface area (Å²) in [6.07, 6.45) is 4.44. The Morgan fingerprint density at radius 3 is 3.08 bits per heavy atom. The highest BCUT2D eigenvalue weighted by Gasteiger charge is 2.06. The molecule has 1 N–H and O–H groups in total. The van der Waals surface area contributed by atoms with Crippen LogP contribution in [-0.2, 0) is 9.09 Å². The second-order valence-corrected chi connectivity index (χ2v) is 3.06. The Kier molecular flexibility index (Phi) is 3.55. The number of pyridine rings is 1. The zero-order valence-corrected chi connectivity index (χ0v) is 7.94. The lowest BCUT2D eigenvalue weighted by Gasteiger charge is -1.92. The van der Waals surface area contributed by atoms with Crippen LogP contribution < -0.4 is 0 Å². The molecule has 0 aliphatic carbocycles. The standard InChI is InChI=1S/C8H8NO3P/c1-7-6-8(2-4-9-7)3-5-12-13(10)11/h2-6H,1H3/p+1/b5-3+. The van der Waals surface area contributed by atoms with Crippen molar-refractivity contribution < 1.29 is 14.0 Å². The van der Waals surface area contributed by atoms with Gasteiger partial charge in [0.15, 0.2) is 6.26 Å². The van der Waals surface area contributed by atoms with E-state index in [2.05, 4.69) is 9.51 Å². The van der Waals surface area contributed by atoms with Gasteiger partial charge in [-0.05, 0) is 30.7 Å². The summed E-state index contributed by atoms with van der Waals surface area (Å²) in [7, 11) is -2.56. The summed E-state index contributed by atoms with van der Waals surface area (Å²) in [5, 5.41) is 0. The number of aromatic nitrogens is 1. The lowest BCUT2D eigenvalue weighted by atomic mass is 10.2. The molecule has 0 fully saturated rings. The normalized spacial score (nSPS) is 11.7. The second-order valence-electron chi connectivity index (χ2n) is 2.38. The van der Waals surface area contributed by atoms with Crippen molar-refractivity contribution in [3.63, 3.8) is 0 Å². The first-order chi connectivity index (χ1) is 6.18. The Morgan fingerprint density at radius 1 is 1.69 bits per heavy atom. The first kappa shape index (κ1) is 9.84. The molecule has 1 aromatic heterocycles. The molecule has 0 spiro atoms. The first-order valence-corrected chi connectivity index (χ1v) is 4.73. The van der Waals surface area contributed by atoms with E-state index in [9.17, 15) is 4.57 Å². The van der Waals surface area contributed by atoms with E-state index >= 15 is 0 Å². The summed E-state index contributed by atoms with van der Waals surface area (Å²) in [5.74, 6) is 0. The van der Waals surface area contributed by atoms with Crippen LogP contribution in [0.4, 0.5) is 0 Å². The number of aryl methyl sites for hydroxylation is 1. The van der Waals surface area contributed by atoms with E-state index in [1.807, 2.05) is 13.0 Å². The summed E-state index contributed by atoms with van der Waals surface area (Å²) in [6, 6.07) is 3.61. The molecule has 4 nitrogen and oxygen atoms in total. The Balaban J connectivity index is 2.63. The van der Waals surface area contributed by atoms with E-state index in [1.165, 1.54) is 6.26 Å². The average molecular weight is 198 g/mol. The second kappa shape index (κ2) is 4.70. The molecule has 0 bridgehead atoms. The lowest BCUT2D eigenvalue weighted by Crippen LogP contribution is -1.80. The minimum absolute atomic E-state index is 0.879. The van der Waals surface area contributed by atoms with Crippen LogP contribution in [0.5, 0.6) is 0 Å². The average Bonchev–Trinajstić information content (AvgIpc) is 2.03. The van der Waals surface area contributed by atoms with Gasteiger partial charge >= 0.3 is 8.25 Å². The third-order valence-corrected chi connectivity index (χ3v) is 1.63. The molecule has 0 aromatic carbocycles. The zero-order valence-electron chi connectivity index (χ0n) is 7.04. The van der Waals surface area contributed by atoms with Crippen LogP contribution in [0.2, 0.25) is 0 Å². The summed E-state index contributed by atoms with van der Waals surface area (Å²) in [6.45, 7) is 1.87. The molecule has 0 aliphatic rings. The zero-order chi connectivity index (χ0) is 9.68. The summed E-state index contributed by atoms with van der Waals surface area (Å²) in [5.41, 5.74) is 1.76. The van der Waals surface area contributed by atoms with Gasteiger partial charge < -0.3 is 0 Å². The topological polar surface area (TPSA) is 59.4 Å². The maximum absolute atomic E-state index is 10.1. The molecule has 68 valence electrons. The molecule has 0 amide bonds. The SMILES string of the molecule is Cc1cc(/C=C/O[P+](=O)O)ccn1. The lowest BCUT2D eigenvalue weighted by molar-refractivity contribution is 0.379. The molecular formula is C8H9NO3P+. The van der Waals surface area contributed by atoms with Gasteiger partial charge in [-0.25, -0.2) is 4.52 Å². The fourth-order valence-electron chi connectivity index (χ4n) is 0.832. The van der Waals surface area contributed by atoms with Crippen molar-refractivity contribution in [1.82, 2.24) is 4.98 Å². The number of hydrogen-bond acceptors (Lipinski definition) is 3. The molecule has 0 saturated heterocycles. The Bertz CT molecular complexity index is 338. The van der Waals surface area contributed by atoms with E-state index in [-0.39, 0.29) is 0 Å². The van der Waals surface area contributed by atoms with Crippen molar-refractivity contribution in [2.24, 2.45) is 0 Å². The van der Waals surface area contributed by atoms with Crippen LogP contribution in [0.1, 0.15) is 11.3 Å². The Labute approximate surface area is 76.8 Å². The van der Waals surface area contributed by atoms with Gasteiger partial charge in [0.2, 0.25) is 0 Å². The number of rotatable bonds is 3. The van der Waals surface area contributed by atoms with Crippen LogP contribution in [-0.4, -0.2) is 9.88 Å². The van der Waals surface area contributed by atoms with Crippen molar-refractivity contribution in [2.45, 2.75) is 6.92 Å². The van der Waals surface area contributed by atoms with Gasteiger partial charge in [-0.15, -0.1) is 4.89 Å². The van der Waals surface area contributed by atoms with E-state index in [0.717, 1.165) is 11.3 Å². The molecule has 0 aliphatic heterocycles. The quantitative estimate of drug-likeness (QED) is 0.596. The van der Waals surface area contributed by atoms with E-state index in [4.69, 9.17) is 4.89 Å². The molecule has 0 saturated carbocycles. The minimum Gasteiger partial charge on any atom is -0.262 e. The highest BCUT2D eigenvalue weighted by atomic mass is 31.1. The van der Waals surface area contributed by atoms with Gasteiger partial charge in [0, 0.05) is 16.5 Å². The number of nitrogens with zero attached hydrogens (tertiary/aromatic N) is 1. The first-order valence-electron chi connectivity index (χ1n) is 3.60. The van der Waals surface area contributed by atoms with Crippen LogP contribution in [0.25, 0.3) is 6.08 Å². The number of hydrogen-bond donors (Lipinski definition) is 1. The smallest absolute Gasteiger partial charge is 0.262 e. The van der Waals surface area contributed by atoms with Crippen molar-refractivity contribution in [3.8, 4) is 0 Å². The molecule has 5 heteroatoms. The molecule has 1 aromatic rings. The van der Waals surface area contributed by atoms with Gasteiger partial charge in [0.05, 0.1) is 0 Å². The fraction of sp³-hybridized carbons (Fsp3) is 0.125. The van der Waals surface area contributed by atoms with Crippen LogP contribution in [0, 0.1) is 6.92 Å². The molecule has 1 rings (SSSR count). The fourth-order valence-corrected chi connectivity index (χ4v) is 0.997. The van der Waals surface area contributed by atoms with Crippen molar-refractivity contribution in [1.29, 1.82) is 0 Å². The third-order valence-electron chi connectivity index (χ3n) is 1.33. The van der Waals surface area contributed by atoms with Crippen LogP contribution in [0.3, 0.4) is 0 Å². The van der Waals surface area contributed by atoms with E-state index in [0.29, 0.717) is 0 Å². The molecule has 0 radical (unpaired) electrons. The molecule has 1 heterocycles.